The first-order chi connectivity index (χ1) is 13.9. The van der Waals surface area contributed by atoms with E-state index in [1.165, 1.54) is 12.1 Å². The minimum atomic E-state index is -5.58. The topological polar surface area (TPSA) is 102 Å². The molecule has 11 heteroatoms. The Bertz CT molecular complexity index is 654. The molecule has 0 fully saturated rings. The number of halogens is 5. The van der Waals surface area contributed by atoms with Gasteiger partial charge in [0.2, 0.25) is 0 Å². The average molecular weight is 443 g/mol. The van der Waals surface area contributed by atoms with Crippen LogP contribution in [0.1, 0.15) is 31.7 Å². The van der Waals surface area contributed by atoms with Gasteiger partial charge in [0, 0.05) is 6.42 Å². The molecule has 3 unspecified atom stereocenters. The number of aryl methyl sites for hydroxylation is 1. The highest BCUT2D eigenvalue weighted by molar-refractivity contribution is 5.76. The molecule has 0 aromatic heterocycles. The van der Waals surface area contributed by atoms with Crippen LogP contribution in [0.15, 0.2) is 24.3 Å². The van der Waals surface area contributed by atoms with E-state index in [1.807, 2.05) is 0 Å². The summed E-state index contributed by atoms with van der Waals surface area (Å²) in [4.78, 5) is 11.5. The summed E-state index contributed by atoms with van der Waals surface area (Å²) in [6, 6.07) is 4.86. The van der Waals surface area contributed by atoms with Crippen molar-refractivity contribution in [2.75, 3.05) is 13.2 Å². The SMILES string of the molecule is CCOC(=O)C(N)C(O)C(O)CCc1ccc(OCCCC(F)(F)C(F)(F)F)cc1. The van der Waals surface area contributed by atoms with Crippen LogP contribution in [0.4, 0.5) is 22.0 Å². The smallest absolute Gasteiger partial charge is 0.453 e. The zero-order valence-electron chi connectivity index (χ0n) is 16.4. The molecule has 4 N–H and O–H groups in total. The molecule has 0 aliphatic rings. The normalized spacial score (nSPS) is 15.4. The van der Waals surface area contributed by atoms with Crippen LogP contribution in [-0.2, 0) is 16.0 Å². The maximum Gasteiger partial charge on any atom is 0.453 e. The highest BCUT2D eigenvalue weighted by atomic mass is 19.4. The van der Waals surface area contributed by atoms with Crippen LogP contribution < -0.4 is 10.5 Å². The number of hydrogen-bond donors (Lipinski definition) is 3. The first-order valence-electron chi connectivity index (χ1n) is 9.33. The Morgan fingerprint density at radius 2 is 1.73 bits per heavy atom. The third-order valence-corrected chi connectivity index (χ3v) is 4.29. The largest absolute Gasteiger partial charge is 0.494 e. The van der Waals surface area contributed by atoms with Crippen LogP contribution in [-0.4, -0.2) is 59.7 Å². The minimum Gasteiger partial charge on any atom is -0.494 e. The Labute approximate surface area is 170 Å². The van der Waals surface area contributed by atoms with Crippen molar-refractivity contribution in [3.63, 3.8) is 0 Å². The fourth-order valence-corrected chi connectivity index (χ4v) is 2.48. The Hall–Kier alpha value is -1.98. The predicted molar refractivity (Wildman–Crippen MR) is 97.1 cm³/mol. The van der Waals surface area contributed by atoms with E-state index in [-0.39, 0.29) is 19.6 Å². The van der Waals surface area contributed by atoms with Crippen molar-refractivity contribution in [2.24, 2.45) is 5.73 Å². The summed E-state index contributed by atoms with van der Waals surface area (Å²) in [6.07, 6.45) is -9.75. The van der Waals surface area contributed by atoms with Crippen LogP contribution in [0.5, 0.6) is 5.75 Å². The molecule has 0 saturated carbocycles. The molecule has 0 aliphatic heterocycles. The molecule has 0 amide bonds. The summed E-state index contributed by atoms with van der Waals surface area (Å²) in [6.45, 7) is 1.37. The molecule has 0 radical (unpaired) electrons. The second kappa shape index (κ2) is 11.4. The summed E-state index contributed by atoms with van der Waals surface area (Å²) in [5.74, 6) is -5.28. The molecule has 0 spiro atoms. The first-order valence-corrected chi connectivity index (χ1v) is 9.33. The first kappa shape index (κ1) is 26.1. The number of carbonyl (C=O) groups excluding carboxylic acids is 1. The molecule has 0 bridgehead atoms. The highest BCUT2D eigenvalue weighted by Crippen LogP contribution is 2.38. The third kappa shape index (κ3) is 8.04. The molecular weight excluding hydrogens is 417 g/mol. The quantitative estimate of drug-likeness (QED) is 0.261. The number of nitrogens with two attached hydrogens (primary N) is 1. The zero-order chi connectivity index (χ0) is 22.9. The Morgan fingerprint density at radius 3 is 2.27 bits per heavy atom. The number of rotatable bonds is 12. The lowest BCUT2D eigenvalue weighted by atomic mass is 9.99. The van der Waals surface area contributed by atoms with Gasteiger partial charge in [-0.1, -0.05) is 12.1 Å². The van der Waals surface area contributed by atoms with E-state index in [1.54, 1.807) is 19.1 Å². The summed E-state index contributed by atoms with van der Waals surface area (Å²) in [5.41, 5.74) is 6.27. The molecule has 0 aliphatic carbocycles. The lowest BCUT2D eigenvalue weighted by Gasteiger charge is -2.22. The number of esters is 1. The van der Waals surface area contributed by atoms with Crippen LogP contribution in [0.2, 0.25) is 0 Å². The van der Waals surface area contributed by atoms with Crippen molar-refractivity contribution in [2.45, 2.75) is 63.0 Å². The molecule has 0 saturated heterocycles. The Kier molecular flexibility index (Phi) is 9.92. The molecule has 1 rings (SSSR count). The fourth-order valence-electron chi connectivity index (χ4n) is 2.48. The van der Waals surface area contributed by atoms with Crippen molar-refractivity contribution >= 4 is 5.97 Å². The number of alkyl halides is 5. The van der Waals surface area contributed by atoms with E-state index in [0.717, 1.165) is 5.56 Å². The zero-order valence-corrected chi connectivity index (χ0v) is 16.4. The van der Waals surface area contributed by atoms with E-state index in [4.69, 9.17) is 10.5 Å². The predicted octanol–water partition coefficient (Wildman–Crippen LogP) is 2.59. The van der Waals surface area contributed by atoms with Gasteiger partial charge in [-0.05, 0) is 43.9 Å². The Balaban J connectivity index is 2.41. The average Bonchev–Trinajstić information content (AvgIpc) is 2.68. The van der Waals surface area contributed by atoms with E-state index < -0.39 is 49.2 Å². The molecular formula is C19H26F5NO5. The van der Waals surface area contributed by atoms with Crippen LogP contribution in [0, 0.1) is 0 Å². The van der Waals surface area contributed by atoms with Crippen LogP contribution in [0.3, 0.4) is 0 Å². The van der Waals surface area contributed by atoms with Crippen LogP contribution in [0.25, 0.3) is 0 Å². The number of ether oxygens (including phenoxy) is 2. The van der Waals surface area contributed by atoms with Crippen LogP contribution >= 0.6 is 0 Å². The molecule has 3 atom stereocenters. The van der Waals surface area contributed by atoms with Crippen molar-refractivity contribution < 1.29 is 46.4 Å². The van der Waals surface area contributed by atoms with Crippen molar-refractivity contribution in [3.05, 3.63) is 29.8 Å². The summed E-state index contributed by atoms with van der Waals surface area (Å²) in [7, 11) is 0. The molecule has 0 heterocycles. The lowest BCUT2D eigenvalue weighted by Crippen LogP contribution is -2.49. The molecule has 6 nitrogen and oxygen atoms in total. The second-order valence-electron chi connectivity index (χ2n) is 6.67. The monoisotopic (exact) mass is 443 g/mol. The number of aliphatic hydroxyl groups excluding tert-OH is 2. The van der Waals surface area contributed by atoms with E-state index in [0.29, 0.717) is 12.2 Å². The number of carbonyl (C=O) groups is 1. The Morgan fingerprint density at radius 1 is 1.13 bits per heavy atom. The number of hydrogen-bond acceptors (Lipinski definition) is 6. The summed E-state index contributed by atoms with van der Waals surface area (Å²) in [5, 5.41) is 19.9. The maximum absolute atomic E-state index is 12.8. The van der Waals surface area contributed by atoms with Gasteiger partial charge < -0.3 is 25.4 Å². The maximum atomic E-state index is 12.8. The molecule has 1 aromatic rings. The fraction of sp³-hybridized carbons (Fsp3) is 0.632. The standard InChI is InChI=1S/C19H26F5NO5/c1-2-29-17(28)15(25)16(27)14(26)9-6-12-4-7-13(8-5-12)30-11-3-10-18(20,21)19(22,23)24/h4-5,7-8,14-16,26-27H,2-3,6,9-11,25H2,1H3. The van der Waals surface area contributed by atoms with Crippen molar-refractivity contribution in [1.29, 1.82) is 0 Å². The van der Waals surface area contributed by atoms with Crippen molar-refractivity contribution in [3.8, 4) is 5.75 Å². The van der Waals surface area contributed by atoms with Gasteiger partial charge in [0.1, 0.15) is 17.9 Å². The summed E-state index contributed by atoms with van der Waals surface area (Å²) >= 11 is 0. The van der Waals surface area contributed by atoms with E-state index >= 15 is 0 Å². The molecule has 1 aromatic carbocycles. The number of aliphatic hydroxyl groups is 2. The highest BCUT2D eigenvalue weighted by Gasteiger charge is 2.56. The lowest BCUT2D eigenvalue weighted by molar-refractivity contribution is -0.284. The number of benzene rings is 1. The summed E-state index contributed by atoms with van der Waals surface area (Å²) < 4.78 is 71.6. The van der Waals surface area contributed by atoms with Gasteiger partial charge in [0.05, 0.1) is 19.3 Å². The van der Waals surface area contributed by atoms with Gasteiger partial charge in [0.15, 0.2) is 0 Å². The van der Waals surface area contributed by atoms with E-state index in [2.05, 4.69) is 4.74 Å². The van der Waals surface area contributed by atoms with E-state index in [9.17, 15) is 37.0 Å². The second-order valence-corrected chi connectivity index (χ2v) is 6.67. The third-order valence-electron chi connectivity index (χ3n) is 4.29. The minimum absolute atomic E-state index is 0.0918. The van der Waals surface area contributed by atoms with Gasteiger partial charge in [-0.15, -0.1) is 0 Å². The van der Waals surface area contributed by atoms with Gasteiger partial charge in [-0.2, -0.15) is 22.0 Å². The molecule has 172 valence electrons. The van der Waals surface area contributed by atoms with Gasteiger partial charge in [0.25, 0.3) is 0 Å². The molecule has 30 heavy (non-hydrogen) atoms. The van der Waals surface area contributed by atoms with Gasteiger partial charge in [-0.3, -0.25) is 4.79 Å². The van der Waals surface area contributed by atoms with Gasteiger partial charge >= 0.3 is 18.1 Å². The van der Waals surface area contributed by atoms with Crippen molar-refractivity contribution in [1.82, 2.24) is 0 Å². The van der Waals surface area contributed by atoms with Gasteiger partial charge in [-0.25, -0.2) is 0 Å².